The molecule has 8 heteroatoms. The highest BCUT2D eigenvalue weighted by molar-refractivity contribution is 7.17. The molecule has 0 saturated carbocycles. The van der Waals surface area contributed by atoms with E-state index in [2.05, 4.69) is 4.98 Å². The van der Waals surface area contributed by atoms with Gasteiger partial charge in [0.2, 0.25) is 5.78 Å². The van der Waals surface area contributed by atoms with Crippen molar-refractivity contribution in [3.8, 4) is 10.6 Å². The van der Waals surface area contributed by atoms with Crippen LogP contribution >= 0.6 is 11.3 Å². The average molecular weight is 510 g/mol. The number of aliphatic hydroxyl groups is 1. The molecule has 7 nitrogen and oxygen atoms in total. The van der Waals surface area contributed by atoms with Gasteiger partial charge >= 0.3 is 0 Å². The largest absolute Gasteiger partial charge is 0.503 e. The van der Waals surface area contributed by atoms with Crippen molar-refractivity contribution in [3.05, 3.63) is 112 Å². The molecule has 6 rings (SSSR count). The highest BCUT2D eigenvalue weighted by Crippen LogP contribution is 2.44. The molecule has 0 radical (unpaired) electrons. The van der Waals surface area contributed by atoms with Crippen LogP contribution in [-0.2, 0) is 18.4 Å². The Bertz CT molecular complexity index is 1680. The lowest BCUT2D eigenvalue weighted by Crippen LogP contribution is -2.30. The van der Waals surface area contributed by atoms with E-state index in [0.29, 0.717) is 21.3 Å². The summed E-state index contributed by atoms with van der Waals surface area (Å²) in [6.07, 6.45) is 3.45. The quantitative estimate of drug-likeness (QED) is 0.285. The van der Waals surface area contributed by atoms with Gasteiger partial charge in [-0.3, -0.25) is 9.59 Å². The van der Waals surface area contributed by atoms with E-state index in [1.165, 1.54) is 22.5 Å². The van der Waals surface area contributed by atoms with Crippen LogP contribution in [0, 0.1) is 6.92 Å². The third-order valence-corrected chi connectivity index (χ3v) is 7.91. The van der Waals surface area contributed by atoms with E-state index in [1.807, 2.05) is 72.4 Å². The molecule has 1 unspecified atom stereocenters. The Hall–Kier alpha value is -4.43. The topological polar surface area (TPSA) is 88.6 Å². The molecule has 1 aliphatic rings. The zero-order valence-corrected chi connectivity index (χ0v) is 21.0. The van der Waals surface area contributed by atoms with E-state index in [-0.39, 0.29) is 12.1 Å². The van der Waals surface area contributed by atoms with Crippen LogP contribution in [0.3, 0.4) is 0 Å². The summed E-state index contributed by atoms with van der Waals surface area (Å²) in [5.74, 6) is -0.991. The molecule has 5 aromatic rings. The van der Waals surface area contributed by atoms with E-state index in [1.54, 1.807) is 19.1 Å². The second-order valence-corrected chi connectivity index (χ2v) is 10.0. The van der Waals surface area contributed by atoms with Gasteiger partial charge in [0.1, 0.15) is 10.8 Å². The number of aryl methyl sites for hydroxylation is 2. The molecular weight excluding hydrogens is 486 g/mol. The molecule has 0 saturated heterocycles. The minimum Gasteiger partial charge on any atom is -0.503 e. The molecule has 2 aromatic carbocycles. The summed E-state index contributed by atoms with van der Waals surface area (Å²) in [7, 11) is 1.92. The monoisotopic (exact) mass is 509 g/mol. The highest BCUT2D eigenvalue weighted by Gasteiger charge is 2.45. The number of nitrogens with zero attached hydrogens (tertiary/aromatic N) is 3. The number of furan rings is 1. The van der Waals surface area contributed by atoms with E-state index < -0.39 is 23.5 Å². The Morgan fingerprint density at radius 1 is 1.08 bits per heavy atom. The van der Waals surface area contributed by atoms with Gasteiger partial charge in [0.25, 0.3) is 5.91 Å². The maximum absolute atomic E-state index is 14.1. The van der Waals surface area contributed by atoms with Gasteiger partial charge in [0.15, 0.2) is 5.76 Å². The SMILES string of the molecule is Cc1nc(-c2ccccc2)sc1C(=O)C1=C(O)C(=O)N(Cc2ccco2)C1c1cn(C)c2ccccc12. The number of aromatic nitrogens is 2. The number of amides is 1. The summed E-state index contributed by atoms with van der Waals surface area (Å²) in [5.41, 5.74) is 3.24. The maximum atomic E-state index is 14.1. The first kappa shape index (κ1) is 23.0. The lowest BCUT2D eigenvalue weighted by Gasteiger charge is -2.25. The first-order chi connectivity index (χ1) is 17.9. The van der Waals surface area contributed by atoms with Gasteiger partial charge in [-0.15, -0.1) is 11.3 Å². The van der Waals surface area contributed by atoms with E-state index >= 15 is 0 Å². The number of rotatable bonds is 6. The fourth-order valence-electron chi connectivity index (χ4n) is 4.97. The van der Waals surface area contributed by atoms with E-state index in [4.69, 9.17) is 4.42 Å². The molecule has 0 fully saturated rings. The summed E-state index contributed by atoms with van der Waals surface area (Å²) < 4.78 is 7.48. The van der Waals surface area contributed by atoms with Crippen LogP contribution in [0.4, 0.5) is 0 Å². The Morgan fingerprint density at radius 3 is 2.59 bits per heavy atom. The summed E-state index contributed by atoms with van der Waals surface area (Å²) in [4.78, 5) is 34.0. The number of carbonyl (C=O) groups is 2. The molecule has 4 heterocycles. The molecule has 1 aliphatic heterocycles. The molecular formula is C29H23N3O4S. The van der Waals surface area contributed by atoms with Crippen molar-refractivity contribution in [1.82, 2.24) is 14.5 Å². The molecule has 1 N–H and O–H groups in total. The number of aliphatic hydroxyl groups excluding tert-OH is 1. The van der Waals surface area contributed by atoms with Gasteiger partial charge in [0.05, 0.1) is 35.0 Å². The van der Waals surface area contributed by atoms with E-state index in [0.717, 1.165) is 22.0 Å². The van der Waals surface area contributed by atoms with Crippen LogP contribution in [0.5, 0.6) is 0 Å². The standard InChI is InChI=1S/C29H23N3O4S/c1-17-27(37-28(30-17)18-9-4-3-5-10-18)25(33)23-24(21-16-31(2)22-13-7-6-12-20(21)22)32(29(35)26(23)34)15-19-11-8-14-36-19/h3-14,16,24,34H,15H2,1-2H3. The van der Waals surface area contributed by atoms with Crippen LogP contribution in [0.25, 0.3) is 21.5 Å². The third kappa shape index (κ3) is 3.77. The summed E-state index contributed by atoms with van der Waals surface area (Å²) in [6, 6.07) is 20.2. The minimum absolute atomic E-state index is 0.0549. The molecule has 0 bridgehead atoms. The number of hydrogen-bond acceptors (Lipinski definition) is 6. The number of carbonyl (C=O) groups excluding carboxylic acids is 2. The van der Waals surface area contributed by atoms with Crippen molar-refractivity contribution in [1.29, 1.82) is 0 Å². The summed E-state index contributed by atoms with van der Waals surface area (Å²) in [6.45, 7) is 1.88. The molecule has 37 heavy (non-hydrogen) atoms. The van der Waals surface area contributed by atoms with Gasteiger partial charge in [0, 0.05) is 35.3 Å². The molecule has 0 spiro atoms. The van der Waals surface area contributed by atoms with Crippen LogP contribution in [0.15, 0.2) is 94.9 Å². The lowest BCUT2D eigenvalue weighted by molar-refractivity contribution is -0.130. The minimum atomic E-state index is -0.794. The lowest BCUT2D eigenvalue weighted by atomic mass is 9.94. The van der Waals surface area contributed by atoms with Gasteiger partial charge in [-0.25, -0.2) is 4.98 Å². The average Bonchev–Trinajstić information content (AvgIpc) is 3.69. The van der Waals surface area contributed by atoms with Crippen molar-refractivity contribution in [2.24, 2.45) is 7.05 Å². The Labute approximate surface area is 216 Å². The number of para-hydroxylation sites is 1. The van der Waals surface area contributed by atoms with Crippen LogP contribution < -0.4 is 0 Å². The number of benzene rings is 2. The van der Waals surface area contributed by atoms with Crippen molar-refractivity contribution >= 4 is 33.9 Å². The number of fused-ring (bicyclic) bond motifs is 1. The maximum Gasteiger partial charge on any atom is 0.290 e. The van der Waals surface area contributed by atoms with Crippen molar-refractivity contribution < 1.29 is 19.1 Å². The normalized spacial score (nSPS) is 15.8. The van der Waals surface area contributed by atoms with Crippen LogP contribution in [0.1, 0.15) is 32.7 Å². The van der Waals surface area contributed by atoms with Gasteiger partial charge in [-0.05, 0) is 25.1 Å². The van der Waals surface area contributed by atoms with E-state index in [9.17, 15) is 14.7 Å². The first-order valence-electron chi connectivity index (χ1n) is 11.8. The molecule has 3 aromatic heterocycles. The summed E-state index contributed by atoms with van der Waals surface area (Å²) in [5, 5.41) is 12.7. The van der Waals surface area contributed by atoms with Gasteiger partial charge in [-0.2, -0.15) is 0 Å². The number of Topliss-reactive ketones (excluding diaryl/α,β-unsaturated/α-hetero) is 1. The molecule has 1 amide bonds. The Morgan fingerprint density at radius 2 is 1.84 bits per heavy atom. The summed E-state index contributed by atoms with van der Waals surface area (Å²) >= 11 is 1.26. The van der Waals surface area contributed by atoms with Gasteiger partial charge in [-0.1, -0.05) is 48.5 Å². The zero-order chi connectivity index (χ0) is 25.7. The Kier molecular flexibility index (Phi) is 5.53. The predicted octanol–water partition coefficient (Wildman–Crippen LogP) is 5.98. The fraction of sp³-hybridized carbons (Fsp3) is 0.138. The Balaban J connectivity index is 1.49. The van der Waals surface area contributed by atoms with Crippen LogP contribution in [-0.4, -0.2) is 31.2 Å². The fourth-order valence-corrected chi connectivity index (χ4v) is 5.99. The first-order valence-corrected chi connectivity index (χ1v) is 12.6. The number of thiazole rings is 1. The van der Waals surface area contributed by atoms with Gasteiger partial charge < -0.3 is 19.0 Å². The van der Waals surface area contributed by atoms with Crippen molar-refractivity contribution in [3.63, 3.8) is 0 Å². The number of ketones is 1. The molecule has 1 atom stereocenters. The third-order valence-electron chi connectivity index (χ3n) is 6.70. The highest BCUT2D eigenvalue weighted by atomic mass is 32.1. The van der Waals surface area contributed by atoms with Crippen LogP contribution in [0.2, 0.25) is 0 Å². The second-order valence-electron chi connectivity index (χ2n) is 9.02. The van der Waals surface area contributed by atoms with Crippen molar-refractivity contribution in [2.75, 3.05) is 0 Å². The smallest absolute Gasteiger partial charge is 0.290 e. The molecule has 0 aliphatic carbocycles. The molecule has 184 valence electrons. The zero-order valence-electron chi connectivity index (χ0n) is 20.2. The van der Waals surface area contributed by atoms with Crippen molar-refractivity contribution in [2.45, 2.75) is 19.5 Å². The predicted molar refractivity (Wildman–Crippen MR) is 141 cm³/mol. The number of hydrogen-bond donors (Lipinski definition) is 1. The second kappa shape index (κ2) is 8.90.